The predicted molar refractivity (Wildman–Crippen MR) is 133 cm³/mol. The highest BCUT2D eigenvalue weighted by atomic mass is 32.1. The van der Waals surface area contributed by atoms with E-state index in [9.17, 15) is 14.0 Å². The smallest absolute Gasteiger partial charge is 0.247 e. The Bertz CT molecular complexity index is 1290. The maximum atomic E-state index is 13.3. The van der Waals surface area contributed by atoms with Crippen molar-refractivity contribution in [1.82, 2.24) is 19.7 Å². The molecule has 0 radical (unpaired) electrons. The van der Waals surface area contributed by atoms with Crippen LogP contribution in [-0.4, -0.2) is 44.1 Å². The number of amides is 2. The van der Waals surface area contributed by atoms with Gasteiger partial charge in [0, 0.05) is 12.2 Å². The van der Waals surface area contributed by atoms with E-state index in [0.717, 1.165) is 6.42 Å². The number of hydrogen-bond donors (Lipinski definition) is 1. The molecular weight excluding hydrogens is 481 g/mol. The van der Waals surface area contributed by atoms with Crippen molar-refractivity contribution in [3.05, 3.63) is 89.4 Å². The number of ether oxygens (including phenoxy) is 1. The molecule has 1 N–H and O–H groups in total. The monoisotopic (exact) mass is 505 g/mol. The van der Waals surface area contributed by atoms with Gasteiger partial charge in [0.25, 0.3) is 0 Å². The lowest BCUT2D eigenvalue weighted by Crippen LogP contribution is -2.44. The molecular formula is C26H24FN5O3S. The van der Waals surface area contributed by atoms with Gasteiger partial charge in [-0.3, -0.25) is 9.59 Å². The Morgan fingerprint density at radius 3 is 2.50 bits per heavy atom. The van der Waals surface area contributed by atoms with Crippen LogP contribution in [0.4, 0.5) is 10.1 Å². The molecule has 0 spiro atoms. The Morgan fingerprint density at radius 2 is 1.83 bits per heavy atom. The zero-order valence-corrected chi connectivity index (χ0v) is 20.1. The van der Waals surface area contributed by atoms with Crippen LogP contribution in [0.25, 0.3) is 0 Å². The quantitative estimate of drug-likeness (QED) is 0.384. The largest absolute Gasteiger partial charge is 0.457 e. The van der Waals surface area contributed by atoms with Gasteiger partial charge in [-0.1, -0.05) is 0 Å². The lowest BCUT2D eigenvalue weighted by molar-refractivity contribution is -0.137. The zero-order valence-electron chi connectivity index (χ0n) is 19.3. The first kappa shape index (κ1) is 23.7. The van der Waals surface area contributed by atoms with Crippen LogP contribution >= 0.6 is 11.3 Å². The summed E-state index contributed by atoms with van der Waals surface area (Å²) >= 11 is 1.64. The van der Waals surface area contributed by atoms with E-state index in [1.165, 1.54) is 35.0 Å². The summed E-state index contributed by atoms with van der Waals surface area (Å²) in [5, 5.41) is 11.1. The van der Waals surface area contributed by atoms with Crippen LogP contribution in [0.2, 0.25) is 0 Å². The van der Waals surface area contributed by atoms with E-state index in [2.05, 4.69) is 26.8 Å². The van der Waals surface area contributed by atoms with Crippen molar-refractivity contribution in [3.8, 4) is 11.5 Å². The molecule has 4 aromatic rings. The molecule has 184 valence electrons. The van der Waals surface area contributed by atoms with Gasteiger partial charge in [-0.25, -0.2) is 14.1 Å². The van der Waals surface area contributed by atoms with Crippen molar-refractivity contribution >= 4 is 28.8 Å². The van der Waals surface area contributed by atoms with E-state index in [1.807, 2.05) is 5.38 Å². The average molecular weight is 506 g/mol. The lowest BCUT2D eigenvalue weighted by Gasteiger charge is -2.24. The van der Waals surface area contributed by atoms with Crippen molar-refractivity contribution in [2.45, 2.75) is 25.4 Å². The standard InChI is InChI=1S/C26H24FN5O3S/c27-20-1-5-22(6-2-20)35-23-7-3-21(4-8-23)30-26(34)24-12-19(11-18-9-10-36-15-18)13-32(24)25(33)14-31-17-28-16-29-31/h1-10,15-17,19,24H,11-14H2,(H,30,34)/t19-,24+/m1/s1. The highest BCUT2D eigenvalue weighted by Crippen LogP contribution is 2.29. The normalized spacial score (nSPS) is 17.2. The third-order valence-corrected chi connectivity index (χ3v) is 6.78. The van der Waals surface area contributed by atoms with E-state index in [-0.39, 0.29) is 30.1 Å². The Balaban J connectivity index is 1.25. The Kier molecular flexibility index (Phi) is 7.03. The van der Waals surface area contributed by atoms with E-state index < -0.39 is 6.04 Å². The van der Waals surface area contributed by atoms with E-state index >= 15 is 0 Å². The minimum absolute atomic E-state index is 0.0321. The third-order valence-electron chi connectivity index (χ3n) is 6.05. The van der Waals surface area contributed by atoms with Gasteiger partial charge >= 0.3 is 0 Å². The first-order chi connectivity index (χ1) is 17.5. The van der Waals surface area contributed by atoms with Crippen LogP contribution < -0.4 is 10.1 Å². The summed E-state index contributed by atoms with van der Waals surface area (Å²) in [6.07, 6.45) is 4.26. The second-order valence-electron chi connectivity index (χ2n) is 8.66. The Hall–Kier alpha value is -4.05. The molecule has 2 aromatic heterocycles. The van der Waals surface area contributed by atoms with Crippen molar-refractivity contribution in [2.75, 3.05) is 11.9 Å². The van der Waals surface area contributed by atoms with Gasteiger partial charge in [0.05, 0.1) is 0 Å². The number of thiophene rings is 1. The molecule has 10 heteroatoms. The number of hydrogen-bond acceptors (Lipinski definition) is 6. The molecule has 0 aliphatic carbocycles. The first-order valence-electron chi connectivity index (χ1n) is 11.5. The molecule has 0 unspecified atom stereocenters. The van der Waals surface area contributed by atoms with Gasteiger partial charge in [0.1, 0.15) is 42.6 Å². The number of carbonyl (C=O) groups is 2. The van der Waals surface area contributed by atoms with Gasteiger partial charge in [-0.05, 0) is 89.7 Å². The molecule has 1 aliphatic rings. The highest BCUT2D eigenvalue weighted by molar-refractivity contribution is 7.07. The molecule has 8 nitrogen and oxygen atoms in total. The second kappa shape index (κ2) is 10.7. The maximum Gasteiger partial charge on any atom is 0.247 e. The molecule has 2 amide bonds. The first-order valence-corrected chi connectivity index (χ1v) is 12.4. The van der Waals surface area contributed by atoms with Crippen molar-refractivity contribution in [3.63, 3.8) is 0 Å². The van der Waals surface area contributed by atoms with E-state index in [1.54, 1.807) is 52.6 Å². The summed E-state index contributed by atoms with van der Waals surface area (Å²) < 4.78 is 20.3. The van der Waals surface area contributed by atoms with E-state index in [0.29, 0.717) is 30.2 Å². The summed E-state index contributed by atoms with van der Waals surface area (Å²) in [5.41, 5.74) is 1.81. The fourth-order valence-electron chi connectivity index (χ4n) is 4.35. The molecule has 36 heavy (non-hydrogen) atoms. The number of halogens is 1. The number of nitrogens with zero attached hydrogens (tertiary/aromatic N) is 4. The minimum atomic E-state index is -0.584. The number of nitrogens with one attached hydrogen (secondary N) is 1. The van der Waals surface area contributed by atoms with Crippen LogP contribution in [0.5, 0.6) is 11.5 Å². The molecule has 2 aromatic carbocycles. The van der Waals surface area contributed by atoms with E-state index in [4.69, 9.17) is 4.74 Å². The third kappa shape index (κ3) is 5.77. The minimum Gasteiger partial charge on any atom is -0.457 e. The van der Waals surface area contributed by atoms with Gasteiger partial charge in [0.2, 0.25) is 11.8 Å². The summed E-state index contributed by atoms with van der Waals surface area (Å²) in [7, 11) is 0. The summed E-state index contributed by atoms with van der Waals surface area (Å²) in [6.45, 7) is 0.538. The summed E-state index contributed by atoms with van der Waals surface area (Å²) in [6, 6.07) is 14.1. The maximum absolute atomic E-state index is 13.3. The number of likely N-dealkylation sites (tertiary alicyclic amines) is 1. The average Bonchev–Trinajstić information content (AvgIpc) is 3.65. The van der Waals surface area contributed by atoms with Crippen molar-refractivity contribution in [1.29, 1.82) is 0 Å². The highest BCUT2D eigenvalue weighted by Gasteiger charge is 2.39. The summed E-state index contributed by atoms with van der Waals surface area (Å²) in [5.74, 6) is 0.511. The second-order valence-corrected chi connectivity index (χ2v) is 9.44. The van der Waals surface area contributed by atoms with Crippen molar-refractivity contribution < 1.29 is 18.7 Å². The van der Waals surface area contributed by atoms with Gasteiger partial charge in [-0.15, -0.1) is 0 Å². The van der Waals surface area contributed by atoms with Crippen LogP contribution in [0.3, 0.4) is 0 Å². The lowest BCUT2D eigenvalue weighted by atomic mass is 9.98. The molecule has 0 saturated carbocycles. The van der Waals surface area contributed by atoms with Crippen LogP contribution in [0.1, 0.15) is 12.0 Å². The predicted octanol–water partition coefficient (Wildman–Crippen LogP) is 4.37. The number of rotatable bonds is 8. The zero-order chi connectivity index (χ0) is 24.9. The van der Waals surface area contributed by atoms with Gasteiger partial charge < -0.3 is 15.0 Å². The molecule has 1 saturated heterocycles. The topological polar surface area (TPSA) is 89.4 Å². The molecule has 0 bridgehead atoms. The van der Waals surface area contributed by atoms with Gasteiger partial charge in [-0.2, -0.15) is 16.4 Å². The molecule has 3 heterocycles. The van der Waals surface area contributed by atoms with Crippen LogP contribution in [0, 0.1) is 11.7 Å². The SMILES string of the molecule is O=C(Nc1ccc(Oc2ccc(F)cc2)cc1)[C@@H]1C[C@@H](Cc2ccsc2)CN1C(=O)Cn1cncn1. The Labute approximate surface area is 211 Å². The Morgan fingerprint density at radius 1 is 1.08 bits per heavy atom. The van der Waals surface area contributed by atoms with Gasteiger partial charge in [0.15, 0.2) is 0 Å². The molecule has 2 atom stereocenters. The summed E-state index contributed by atoms with van der Waals surface area (Å²) in [4.78, 5) is 31.9. The molecule has 1 fully saturated rings. The van der Waals surface area contributed by atoms with Crippen molar-refractivity contribution in [2.24, 2.45) is 5.92 Å². The number of anilines is 1. The number of carbonyl (C=O) groups excluding carboxylic acids is 2. The molecule has 5 rings (SSSR count). The van der Waals surface area contributed by atoms with Crippen LogP contribution in [-0.2, 0) is 22.6 Å². The molecule has 1 aliphatic heterocycles. The fraction of sp³-hybridized carbons (Fsp3) is 0.231. The fourth-order valence-corrected chi connectivity index (χ4v) is 5.03. The number of aromatic nitrogens is 3. The number of benzene rings is 2. The van der Waals surface area contributed by atoms with Crippen LogP contribution in [0.15, 0.2) is 78.0 Å².